The molecule has 0 aromatic heterocycles. The van der Waals surface area contributed by atoms with Crippen molar-refractivity contribution in [3.63, 3.8) is 0 Å². The summed E-state index contributed by atoms with van der Waals surface area (Å²) in [6.07, 6.45) is -0.513. The minimum absolute atomic E-state index is 0.0441. The van der Waals surface area contributed by atoms with E-state index in [2.05, 4.69) is 5.10 Å². The summed E-state index contributed by atoms with van der Waals surface area (Å²) in [7, 11) is -1.63. The van der Waals surface area contributed by atoms with E-state index in [1.165, 1.54) is 23.9 Å². The van der Waals surface area contributed by atoms with Gasteiger partial charge in [-0.25, -0.2) is 13.2 Å². The number of carbonyl (C=O) groups excluding carboxylic acids is 3. The van der Waals surface area contributed by atoms with Crippen LogP contribution in [-0.4, -0.2) is 67.5 Å². The number of hydrazone groups is 1. The first-order valence-electron chi connectivity index (χ1n) is 10.1. The fraction of sp³-hybridized carbons (Fsp3) is 0.524. The summed E-state index contributed by atoms with van der Waals surface area (Å²) in [5, 5.41) is 5.42. The smallest absolute Gasteiger partial charge is 0.355 e. The number of rotatable bonds is 5. The van der Waals surface area contributed by atoms with E-state index < -0.39 is 33.9 Å². The molecule has 1 aromatic carbocycles. The number of sulfone groups is 1. The molecule has 1 fully saturated rings. The molecule has 0 saturated carbocycles. The molecular weight excluding hydrogens is 422 g/mol. The zero-order chi connectivity index (χ0) is 22.9. The van der Waals surface area contributed by atoms with Crippen LogP contribution in [-0.2, 0) is 29.0 Å². The minimum Gasteiger partial charge on any atom is -0.448 e. The van der Waals surface area contributed by atoms with Crippen LogP contribution in [0, 0.1) is 13.8 Å². The van der Waals surface area contributed by atoms with Gasteiger partial charge in [0.05, 0.1) is 17.2 Å². The highest BCUT2D eigenvalue weighted by Gasteiger charge is 2.36. The molecule has 9 nitrogen and oxygen atoms in total. The van der Waals surface area contributed by atoms with Crippen molar-refractivity contribution in [2.24, 2.45) is 5.10 Å². The van der Waals surface area contributed by atoms with Crippen LogP contribution in [0.15, 0.2) is 23.3 Å². The molecule has 0 N–H and O–H groups in total. The Morgan fingerprint density at radius 3 is 2.61 bits per heavy atom. The lowest BCUT2D eigenvalue weighted by atomic mass is 10.1. The van der Waals surface area contributed by atoms with Crippen LogP contribution in [0.2, 0.25) is 0 Å². The number of hydrogen-bond acceptors (Lipinski definition) is 7. The number of amides is 2. The Balaban J connectivity index is 1.71. The molecule has 168 valence electrons. The summed E-state index contributed by atoms with van der Waals surface area (Å²) < 4.78 is 28.6. The number of hydrogen-bond donors (Lipinski definition) is 0. The molecule has 0 aliphatic carbocycles. The van der Waals surface area contributed by atoms with E-state index in [9.17, 15) is 22.8 Å². The molecule has 2 atom stereocenters. The number of aryl methyl sites for hydroxylation is 2. The molecule has 3 rings (SSSR count). The second-order valence-corrected chi connectivity index (χ2v) is 10.3. The van der Waals surface area contributed by atoms with E-state index in [1.807, 2.05) is 32.0 Å². The van der Waals surface area contributed by atoms with Gasteiger partial charge in [0, 0.05) is 25.9 Å². The Labute approximate surface area is 182 Å². The third-order valence-corrected chi connectivity index (χ3v) is 7.35. The Bertz CT molecular complexity index is 1050. The molecule has 0 bridgehead atoms. The summed E-state index contributed by atoms with van der Waals surface area (Å²) in [6.45, 7) is 5.19. The third-order valence-electron chi connectivity index (χ3n) is 5.60. The van der Waals surface area contributed by atoms with E-state index in [0.29, 0.717) is 12.1 Å². The lowest BCUT2D eigenvalue weighted by Gasteiger charge is -2.27. The predicted octanol–water partition coefficient (Wildman–Crippen LogP) is 1.36. The molecular formula is C21H27N3O6S. The first-order valence-corrected chi connectivity index (χ1v) is 12.0. The second-order valence-electron chi connectivity index (χ2n) is 8.10. The van der Waals surface area contributed by atoms with Crippen molar-refractivity contribution in [1.29, 1.82) is 0 Å². The Morgan fingerprint density at radius 2 is 1.97 bits per heavy atom. The first-order chi connectivity index (χ1) is 14.5. The van der Waals surface area contributed by atoms with Gasteiger partial charge in [-0.2, -0.15) is 10.1 Å². The van der Waals surface area contributed by atoms with Gasteiger partial charge in [0.2, 0.25) is 5.91 Å². The van der Waals surface area contributed by atoms with Crippen LogP contribution in [0.4, 0.5) is 5.69 Å². The van der Waals surface area contributed by atoms with Gasteiger partial charge in [-0.1, -0.05) is 12.1 Å². The molecule has 0 radical (unpaired) electrons. The van der Waals surface area contributed by atoms with Crippen molar-refractivity contribution in [3.8, 4) is 0 Å². The Hall–Kier alpha value is -2.75. The molecule has 0 unspecified atom stereocenters. The summed E-state index contributed by atoms with van der Waals surface area (Å²) in [6, 6.07) is 5.19. The maximum Gasteiger partial charge on any atom is 0.355 e. The third kappa shape index (κ3) is 5.12. The van der Waals surface area contributed by atoms with Crippen LogP contribution < -0.4 is 5.01 Å². The zero-order valence-electron chi connectivity index (χ0n) is 18.1. The van der Waals surface area contributed by atoms with Crippen LogP contribution in [0.3, 0.4) is 0 Å². The average molecular weight is 450 g/mol. The van der Waals surface area contributed by atoms with Crippen molar-refractivity contribution in [1.82, 2.24) is 4.90 Å². The Kier molecular flexibility index (Phi) is 6.49. The molecule has 2 aliphatic heterocycles. The number of esters is 1. The molecule has 2 amide bonds. The standard InChI is InChI=1S/C21H27N3O6S/c1-13-5-6-14(2)18(11-13)24-19(25)8-7-17(22-24)21(27)30-15(3)20(26)23(4)16-9-10-31(28,29)12-16/h5-6,11,15-16H,7-10,12H2,1-4H3/t15-,16-/m1/s1. The molecule has 31 heavy (non-hydrogen) atoms. The second kappa shape index (κ2) is 8.78. The highest BCUT2D eigenvalue weighted by atomic mass is 32.2. The average Bonchev–Trinajstić information content (AvgIpc) is 3.08. The first kappa shape index (κ1) is 22.9. The summed E-state index contributed by atoms with van der Waals surface area (Å²) in [5.41, 5.74) is 2.45. The topological polar surface area (TPSA) is 113 Å². The lowest BCUT2D eigenvalue weighted by Crippen LogP contribution is -2.45. The Morgan fingerprint density at radius 1 is 1.26 bits per heavy atom. The number of likely N-dealkylation sites (N-methyl/N-ethyl adjacent to an activating group) is 1. The predicted molar refractivity (Wildman–Crippen MR) is 115 cm³/mol. The summed E-state index contributed by atoms with van der Waals surface area (Å²) in [5.74, 6) is -1.51. The molecule has 2 aliphatic rings. The normalized spacial score (nSPS) is 21.4. The van der Waals surface area contributed by atoms with Crippen molar-refractivity contribution in [2.75, 3.05) is 23.6 Å². The van der Waals surface area contributed by atoms with Crippen LogP contribution >= 0.6 is 0 Å². The van der Waals surface area contributed by atoms with Gasteiger partial charge in [0.15, 0.2) is 15.9 Å². The SMILES string of the molecule is Cc1ccc(C)c(N2N=C(C(=O)O[C@H](C)C(=O)N(C)[C@@H]3CCS(=O)(=O)C3)CCC2=O)c1. The number of anilines is 1. The van der Waals surface area contributed by atoms with Crippen LogP contribution in [0.25, 0.3) is 0 Å². The minimum atomic E-state index is -3.14. The monoisotopic (exact) mass is 449 g/mol. The molecule has 10 heteroatoms. The number of benzene rings is 1. The number of ether oxygens (including phenoxy) is 1. The zero-order valence-corrected chi connectivity index (χ0v) is 18.9. The van der Waals surface area contributed by atoms with E-state index in [1.54, 1.807) is 0 Å². The largest absolute Gasteiger partial charge is 0.448 e. The molecule has 2 heterocycles. The fourth-order valence-electron chi connectivity index (χ4n) is 3.66. The number of carbonyl (C=O) groups is 3. The molecule has 1 saturated heterocycles. The van der Waals surface area contributed by atoms with Crippen molar-refractivity contribution in [2.45, 2.75) is 52.2 Å². The van der Waals surface area contributed by atoms with Crippen LogP contribution in [0.1, 0.15) is 37.3 Å². The van der Waals surface area contributed by atoms with E-state index >= 15 is 0 Å². The van der Waals surface area contributed by atoms with Crippen LogP contribution in [0.5, 0.6) is 0 Å². The maximum atomic E-state index is 12.6. The highest BCUT2D eigenvalue weighted by Crippen LogP contribution is 2.26. The number of nitrogens with zero attached hydrogens (tertiary/aromatic N) is 3. The maximum absolute atomic E-state index is 12.6. The summed E-state index contributed by atoms with van der Waals surface area (Å²) >= 11 is 0. The molecule has 0 spiro atoms. The van der Waals surface area contributed by atoms with Gasteiger partial charge >= 0.3 is 5.97 Å². The van der Waals surface area contributed by atoms with Crippen molar-refractivity contribution in [3.05, 3.63) is 29.3 Å². The van der Waals surface area contributed by atoms with Crippen molar-refractivity contribution >= 4 is 39.0 Å². The lowest BCUT2D eigenvalue weighted by molar-refractivity contribution is -0.154. The van der Waals surface area contributed by atoms with Gasteiger partial charge in [-0.3, -0.25) is 9.59 Å². The molecule has 1 aromatic rings. The van der Waals surface area contributed by atoms with Crippen molar-refractivity contribution < 1.29 is 27.5 Å². The van der Waals surface area contributed by atoms with E-state index in [0.717, 1.165) is 11.1 Å². The van der Waals surface area contributed by atoms with Gasteiger partial charge in [0.25, 0.3) is 5.91 Å². The summed E-state index contributed by atoms with van der Waals surface area (Å²) in [4.78, 5) is 39.0. The fourth-order valence-corrected chi connectivity index (χ4v) is 5.44. The van der Waals surface area contributed by atoms with E-state index in [4.69, 9.17) is 4.74 Å². The van der Waals surface area contributed by atoms with E-state index in [-0.39, 0.29) is 36.0 Å². The highest BCUT2D eigenvalue weighted by molar-refractivity contribution is 7.91. The quantitative estimate of drug-likeness (QED) is 0.627. The van der Waals surface area contributed by atoms with Gasteiger partial charge in [-0.05, 0) is 44.4 Å². The van der Waals surface area contributed by atoms with Gasteiger partial charge < -0.3 is 9.64 Å². The van der Waals surface area contributed by atoms with Gasteiger partial charge in [-0.15, -0.1) is 0 Å². The van der Waals surface area contributed by atoms with Gasteiger partial charge in [0.1, 0.15) is 5.71 Å².